The number of hydrogen-bond donors (Lipinski definition) is 2. The van der Waals surface area contributed by atoms with Gasteiger partial charge in [-0.1, -0.05) is 48.9 Å². The van der Waals surface area contributed by atoms with E-state index in [9.17, 15) is 9.59 Å². The average Bonchev–Trinajstić information content (AvgIpc) is 2.76. The van der Waals surface area contributed by atoms with E-state index in [1.807, 2.05) is 50.2 Å². The number of amides is 2. The number of halogens is 1. The number of nitrogens with one attached hydrogen (secondary N) is 2. The zero-order valence-corrected chi connectivity index (χ0v) is 18.4. The van der Waals surface area contributed by atoms with Gasteiger partial charge < -0.3 is 10.6 Å². The lowest BCUT2D eigenvalue weighted by Crippen LogP contribution is -2.38. The third-order valence-electron chi connectivity index (χ3n) is 5.73. The number of likely N-dealkylation sites (tertiary alicyclic amines) is 1. The summed E-state index contributed by atoms with van der Waals surface area (Å²) in [7, 11) is 0. The van der Waals surface area contributed by atoms with Gasteiger partial charge in [0.1, 0.15) is 0 Å². The molecule has 2 N–H and O–H groups in total. The van der Waals surface area contributed by atoms with Crippen molar-refractivity contribution in [2.24, 2.45) is 5.92 Å². The lowest BCUT2D eigenvalue weighted by atomic mass is 9.95. The van der Waals surface area contributed by atoms with E-state index in [1.54, 1.807) is 12.1 Å². The Morgan fingerprint density at radius 2 is 1.77 bits per heavy atom. The van der Waals surface area contributed by atoms with Crippen LogP contribution in [0.1, 0.15) is 49.0 Å². The van der Waals surface area contributed by atoms with Gasteiger partial charge in [-0.2, -0.15) is 0 Å². The van der Waals surface area contributed by atoms with Crippen LogP contribution in [0.5, 0.6) is 0 Å². The van der Waals surface area contributed by atoms with E-state index in [1.165, 1.54) is 0 Å². The van der Waals surface area contributed by atoms with Crippen molar-refractivity contribution in [3.8, 4) is 0 Å². The number of para-hydroxylation sites is 1. The van der Waals surface area contributed by atoms with Crippen LogP contribution in [0.2, 0.25) is 5.02 Å². The Balaban J connectivity index is 1.56. The van der Waals surface area contributed by atoms with Crippen LogP contribution in [0.4, 0.5) is 5.69 Å². The molecule has 1 atom stereocenters. The van der Waals surface area contributed by atoms with E-state index in [2.05, 4.69) is 15.5 Å². The maximum atomic E-state index is 12.9. The molecule has 2 amide bonds. The SMILES string of the molecule is CC[C@H](C)NC(=O)c1ccccc1NC(=O)C1CCN(Cc2ccccc2Cl)CC1. The van der Waals surface area contributed by atoms with Crippen molar-refractivity contribution in [3.63, 3.8) is 0 Å². The summed E-state index contributed by atoms with van der Waals surface area (Å²) in [6.45, 7) is 6.48. The third kappa shape index (κ3) is 5.83. The smallest absolute Gasteiger partial charge is 0.253 e. The molecule has 0 spiro atoms. The van der Waals surface area contributed by atoms with Crippen molar-refractivity contribution >= 4 is 29.1 Å². The van der Waals surface area contributed by atoms with E-state index in [-0.39, 0.29) is 23.8 Å². The van der Waals surface area contributed by atoms with Crippen LogP contribution >= 0.6 is 11.6 Å². The second kappa shape index (κ2) is 10.6. The van der Waals surface area contributed by atoms with Crippen molar-refractivity contribution in [1.29, 1.82) is 0 Å². The third-order valence-corrected chi connectivity index (χ3v) is 6.10. The molecule has 6 heteroatoms. The lowest BCUT2D eigenvalue weighted by molar-refractivity contribution is -0.121. The summed E-state index contributed by atoms with van der Waals surface area (Å²) in [5.74, 6) is -0.232. The molecule has 2 aromatic carbocycles. The highest BCUT2D eigenvalue weighted by molar-refractivity contribution is 6.31. The van der Waals surface area contributed by atoms with Crippen molar-refractivity contribution < 1.29 is 9.59 Å². The van der Waals surface area contributed by atoms with Crippen LogP contribution in [0.25, 0.3) is 0 Å². The lowest BCUT2D eigenvalue weighted by Gasteiger charge is -2.31. The summed E-state index contributed by atoms with van der Waals surface area (Å²) in [5.41, 5.74) is 2.19. The van der Waals surface area contributed by atoms with Gasteiger partial charge in [-0.3, -0.25) is 14.5 Å². The number of piperidine rings is 1. The van der Waals surface area contributed by atoms with Gasteiger partial charge >= 0.3 is 0 Å². The fraction of sp³-hybridized carbons (Fsp3) is 0.417. The molecule has 1 saturated heterocycles. The minimum Gasteiger partial charge on any atom is -0.350 e. The van der Waals surface area contributed by atoms with Gasteiger partial charge in [0, 0.05) is 23.5 Å². The molecule has 1 heterocycles. The standard InChI is InChI=1S/C24H30ClN3O2/c1-3-17(2)26-24(30)20-9-5-7-11-22(20)27-23(29)18-12-14-28(15-13-18)16-19-8-4-6-10-21(19)25/h4-11,17-18H,3,12-16H2,1-2H3,(H,26,30)(H,27,29)/t17-/m0/s1. The zero-order valence-electron chi connectivity index (χ0n) is 17.7. The molecule has 5 nitrogen and oxygen atoms in total. The van der Waals surface area contributed by atoms with Crippen LogP contribution in [-0.4, -0.2) is 35.8 Å². The Labute approximate surface area is 183 Å². The Morgan fingerprint density at radius 1 is 1.10 bits per heavy atom. The van der Waals surface area contributed by atoms with E-state index in [0.29, 0.717) is 11.3 Å². The van der Waals surface area contributed by atoms with Gasteiger partial charge in [-0.15, -0.1) is 0 Å². The number of nitrogens with zero attached hydrogens (tertiary/aromatic N) is 1. The second-order valence-corrected chi connectivity index (χ2v) is 8.37. The number of rotatable bonds is 7. The van der Waals surface area contributed by atoms with Crippen LogP contribution < -0.4 is 10.6 Å². The molecule has 160 valence electrons. The monoisotopic (exact) mass is 427 g/mol. The van der Waals surface area contributed by atoms with Crippen LogP contribution in [0.15, 0.2) is 48.5 Å². The normalized spacial score (nSPS) is 16.1. The summed E-state index contributed by atoms with van der Waals surface area (Å²) in [5, 5.41) is 6.73. The molecule has 1 fully saturated rings. The van der Waals surface area contributed by atoms with Crippen molar-refractivity contribution in [3.05, 3.63) is 64.7 Å². The first-order valence-corrected chi connectivity index (χ1v) is 11.0. The largest absolute Gasteiger partial charge is 0.350 e. The number of carbonyl (C=O) groups is 2. The molecule has 0 radical (unpaired) electrons. The molecule has 0 aliphatic carbocycles. The molecule has 0 saturated carbocycles. The van der Waals surface area contributed by atoms with Gasteiger partial charge in [0.15, 0.2) is 0 Å². The molecule has 2 aromatic rings. The van der Waals surface area contributed by atoms with Gasteiger partial charge in [0.2, 0.25) is 5.91 Å². The predicted molar refractivity (Wildman–Crippen MR) is 122 cm³/mol. The molecule has 0 aromatic heterocycles. The van der Waals surface area contributed by atoms with Gasteiger partial charge in [0.05, 0.1) is 11.3 Å². The fourth-order valence-electron chi connectivity index (χ4n) is 3.65. The highest BCUT2D eigenvalue weighted by Gasteiger charge is 2.26. The Kier molecular flexibility index (Phi) is 7.88. The number of hydrogen-bond acceptors (Lipinski definition) is 3. The molecule has 3 rings (SSSR count). The first-order chi connectivity index (χ1) is 14.5. The molecule has 1 aliphatic heterocycles. The van der Waals surface area contributed by atoms with E-state index >= 15 is 0 Å². The van der Waals surface area contributed by atoms with Gasteiger partial charge in [-0.05, 0) is 63.0 Å². The summed E-state index contributed by atoms with van der Waals surface area (Å²) >= 11 is 6.27. The average molecular weight is 428 g/mol. The molecular formula is C24H30ClN3O2. The molecule has 0 unspecified atom stereocenters. The maximum Gasteiger partial charge on any atom is 0.253 e. The first-order valence-electron chi connectivity index (χ1n) is 10.6. The number of anilines is 1. The Bertz CT molecular complexity index is 878. The number of benzene rings is 2. The summed E-state index contributed by atoms with van der Waals surface area (Å²) in [6, 6.07) is 15.2. The van der Waals surface area contributed by atoms with Crippen LogP contribution in [0, 0.1) is 5.92 Å². The van der Waals surface area contributed by atoms with E-state index in [4.69, 9.17) is 11.6 Å². The Morgan fingerprint density at radius 3 is 2.47 bits per heavy atom. The molecular weight excluding hydrogens is 398 g/mol. The molecule has 30 heavy (non-hydrogen) atoms. The van der Waals surface area contributed by atoms with Gasteiger partial charge in [0.25, 0.3) is 5.91 Å². The summed E-state index contributed by atoms with van der Waals surface area (Å²) in [6.07, 6.45) is 2.43. The first kappa shape index (κ1) is 22.3. The minimum atomic E-state index is -0.158. The van der Waals surface area contributed by atoms with E-state index in [0.717, 1.165) is 49.5 Å². The van der Waals surface area contributed by atoms with Crippen molar-refractivity contribution in [2.45, 2.75) is 45.7 Å². The highest BCUT2D eigenvalue weighted by atomic mass is 35.5. The van der Waals surface area contributed by atoms with Crippen LogP contribution in [-0.2, 0) is 11.3 Å². The Hall–Kier alpha value is -2.37. The highest BCUT2D eigenvalue weighted by Crippen LogP contribution is 2.24. The minimum absolute atomic E-state index is 0.0174. The quantitative estimate of drug-likeness (QED) is 0.672. The van der Waals surface area contributed by atoms with Crippen molar-refractivity contribution in [2.75, 3.05) is 18.4 Å². The zero-order chi connectivity index (χ0) is 21.5. The van der Waals surface area contributed by atoms with E-state index < -0.39 is 0 Å². The van der Waals surface area contributed by atoms with Crippen molar-refractivity contribution in [1.82, 2.24) is 10.2 Å². The maximum absolute atomic E-state index is 12.9. The number of carbonyl (C=O) groups excluding carboxylic acids is 2. The van der Waals surface area contributed by atoms with Gasteiger partial charge in [-0.25, -0.2) is 0 Å². The second-order valence-electron chi connectivity index (χ2n) is 7.96. The van der Waals surface area contributed by atoms with Crippen LogP contribution in [0.3, 0.4) is 0 Å². The topological polar surface area (TPSA) is 61.4 Å². The fourth-order valence-corrected chi connectivity index (χ4v) is 3.84. The molecule has 0 bridgehead atoms. The summed E-state index contributed by atoms with van der Waals surface area (Å²) < 4.78 is 0. The molecule has 1 aliphatic rings. The predicted octanol–water partition coefficient (Wildman–Crippen LogP) is 4.72. The summed E-state index contributed by atoms with van der Waals surface area (Å²) in [4.78, 5) is 27.7.